The predicted molar refractivity (Wildman–Crippen MR) is 91.8 cm³/mol. The second kappa shape index (κ2) is 7.02. The van der Waals surface area contributed by atoms with Crippen LogP contribution in [0.3, 0.4) is 0 Å². The van der Waals surface area contributed by atoms with Gasteiger partial charge in [0, 0.05) is 0 Å². The molecule has 0 radical (unpaired) electrons. The van der Waals surface area contributed by atoms with Gasteiger partial charge in [0.15, 0.2) is 0 Å². The van der Waals surface area contributed by atoms with Crippen LogP contribution in [0.15, 0.2) is 42.5 Å². The Kier molecular flexibility index (Phi) is 4.94. The summed E-state index contributed by atoms with van der Waals surface area (Å²) in [4.78, 5) is 12.7. The number of fused-ring (bicyclic) bond motifs is 1. The Morgan fingerprint density at radius 1 is 1.27 bits per heavy atom. The molecule has 2 atom stereocenters. The van der Waals surface area contributed by atoms with E-state index >= 15 is 0 Å². The molecule has 0 aromatic heterocycles. The predicted octanol–water partition coefficient (Wildman–Crippen LogP) is 4.71. The highest BCUT2D eigenvalue weighted by molar-refractivity contribution is 5.84. The van der Waals surface area contributed by atoms with E-state index in [4.69, 9.17) is 0 Å². The molecule has 0 aliphatic heterocycles. The number of carbonyl (C=O) groups is 1. The Bertz CT molecular complexity index is 817. The fourth-order valence-corrected chi connectivity index (χ4v) is 3.56. The van der Waals surface area contributed by atoms with Gasteiger partial charge in [-0.2, -0.15) is 13.2 Å². The molecule has 0 unspecified atom stereocenters. The van der Waals surface area contributed by atoms with E-state index in [2.05, 4.69) is 5.32 Å². The molecule has 0 fully saturated rings. The van der Waals surface area contributed by atoms with Crippen molar-refractivity contribution in [2.24, 2.45) is 0 Å². The van der Waals surface area contributed by atoms with Gasteiger partial charge in [-0.1, -0.05) is 37.3 Å². The summed E-state index contributed by atoms with van der Waals surface area (Å²) < 4.78 is 38.8. The first-order valence-corrected chi connectivity index (χ1v) is 8.59. The van der Waals surface area contributed by atoms with Gasteiger partial charge in [-0.05, 0) is 48.1 Å². The molecule has 3 rings (SSSR count). The normalized spacial score (nSPS) is 17.6. The molecule has 2 aromatic carbocycles. The summed E-state index contributed by atoms with van der Waals surface area (Å²) in [5, 5.41) is 12.8. The number of carbonyl (C=O) groups excluding carboxylic acids is 1. The van der Waals surface area contributed by atoms with E-state index in [-0.39, 0.29) is 17.7 Å². The lowest BCUT2D eigenvalue weighted by Gasteiger charge is -2.21. The van der Waals surface area contributed by atoms with Crippen LogP contribution in [0.2, 0.25) is 0 Å². The van der Waals surface area contributed by atoms with Crippen LogP contribution in [0.4, 0.5) is 13.2 Å². The Balaban J connectivity index is 1.80. The maximum absolute atomic E-state index is 12.9. The van der Waals surface area contributed by atoms with E-state index in [9.17, 15) is 23.1 Å². The molecule has 3 nitrogen and oxygen atoms in total. The number of benzene rings is 2. The quantitative estimate of drug-likeness (QED) is 0.827. The number of rotatable bonds is 4. The van der Waals surface area contributed by atoms with Gasteiger partial charge in [0.2, 0.25) is 5.91 Å². The molecule has 1 amide bonds. The van der Waals surface area contributed by atoms with Crippen LogP contribution in [0.25, 0.3) is 0 Å². The number of phenolic OH excluding ortho intramolecular Hbond substituents is 1. The minimum Gasteiger partial charge on any atom is -0.508 e. The minimum absolute atomic E-state index is 0.212. The van der Waals surface area contributed by atoms with Crippen LogP contribution in [-0.4, -0.2) is 11.0 Å². The molecule has 1 aliphatic carbocycles. The lowest BCUT2D eigenvalue weighted by Crippen LogP contribution is -2.32. The lowest BCUT2D eigenvalue weighted by molar-refractivity contribution is -0.137. The van der Waals surface area contributed by atoms with Gasteiger partial charge in [0.05, 0.1) is 17.5 Å². The fourth-order valence-electron chi connectivity index (χ4n) is 3.56. The first-order chi connectivity index (χ1) is 12.3. The van der Waals surface area contributed by atoms with Crippen LogP contribution in [-0.2, 0) is 17.4 Å². The van der Waals surface area contributed by atoms with Crippen LogP contribution in [0, 0.1) is 0 Å². The van der Waals surface area contributed by atoms with Crippen molar-refractivity contribution in [1.82, 2.24) is 5.32 Å². The second-order valence-corrected chi connectivity index (χ2v) is 6.53. The zero-order valence-corrected chi connectivity index (χ0v) is 14.3. The van der Waals surface area contributed by atoms with Crippen molar-refractivity contribution in [3.8, 4) is 5.75 Å². The summed E-state index contributed by atoms with van der Waals surface area (Å²) in [7, 11) is 0. The van der Waals surface area contributed by atoms with Crippen molar-refractivity contribution >= 4 is 5.91 Å². The largest absolute Gasteiger partial charge is 0.508 e. The summed E-state index contributed by atoms with van der Waals surface area (Å²) in [6.07, 6.45) is -2.72. The molecule has 0 saturated carbocycles. The second-order valence-electron chi connectivity index (χ2n) is 6.53. The van der Waals surface area contributed by atoms with Gasteiger partial charge in [-0.15, -0.1) is 0 Å². The summed E-state index contributed by atoms with van der Waals surface area (Å²) in [5.74, 6) is -0.740. The third-order valence-electron chi connectivity index (χ3n) is 4.90. The van der Waals surface area contributed by atoms with Crippen molar-refractivity contribution in [3.63, 3.8) is 0 Å². The molecule has 2 aromatic rings. The van der Waals surface area contributed by atoms with E-state index in [0.29, 0.717) is 24.8 Å². The molecule has 1 aliphatic rings. The van der Waals surface area contributed by atoms with Gasteiger partial charge in [0.1, 0.15) is 5.75 Å². The van der Waals surface area contributed by atoms with Crippen molar-refractivity contribution in [2.45, 2.75) is 44.3 Å². The van der Waals surface area contributed by atoms with E-state index < -0.39 is 17.7 Å². The summed E-state index contributed by atoms with van der Waals surface area (Å²) in [5.41, 5.74) is 1.30. The molecular formula is C20H20F3NO2. The van der Waals surface area contributed by atoms with Crippen LogP contribution in [0.1, 0.15) is 54.0 Å². The van der Waals surface area contributed by atoms with Crippen LogP contribution in [0.5, 0.6) is 5.75 Å². The molecule has 2 N–H and O–H groups in total. The van der Waals surface area contributed by atoms with E-state index in [1.807, 2.05) is 6.07 Å². The Morgan fingerprint density at radius 3 is 2.69 bits per heavy atom. The highest BCUT2D eigenvalue weighted by Crippen LogP contribution is 2.37. The number of aromatic hydroxyl groups is 1. The zero-order valence-electron chi connectivity index (χ0n) is 14.3. The van der Waals surface area contributed by atoms with E-state index in [1.54, 1.807) is 25.1 Å². The molecule has 0 heterocycles. The van der Waals surface area contributed by atoms with Crippen LogP contribution >= 0.6 is 0 Å². The average Bonchev–Trinajstić information content (AvgIpc) is 2.99. The van der Waals surface area contributed by atoms with Gasteiger partial charge in [-0.25, -0.2) is 0 Å². The molecule has 138 valence electrons. The molecular weight excluding hydrogens is 343 g/mol. The SMILES string of the molecule is CC[C@@H](C(=O)N[C@H]1CCc2c(O)cccc21)c1cccc(C(F)(F)F)c1. The molecule has 0 bridgehead atoms. The van der Waals surface area contributed by atoms with Crippen molar-refractivity contribution in [1.29, 1.82) is 0 Å². The average molecular weight is 363 g/mol. The number of nitrogens with one attached hydrogen (secondary N) is 1. The molecule has 0 spiro atoms. The third kappa shape index (κ3) is 3.54. The van der Waals surface area contributed by atoms with Crippen molar-refractivity contribution in [3.05, 3.63) is 64.7 Å². The highest BCUT2D eigenvalue weighted by atomic mass is 19.4. The van der Waals surface area contributed by atoms with Crippen molar-refractivity contribution in [2.75, 3.05) is 0 Å². The smallest absolute Gasteiger partial charge is 0.416 e. The van der Waals surface area contributed by atoms with Gasteiger partial charge >= 0.3 is 6.18 Å². The minimum atomic E-state index is -4.44. The Hall–Kier alpha value is -2.50. The van der Waals surface area contributed by atoms with E-state index in [1.165, 1.54) is 6.07 Å². The summed E-state index contributed by atoms with van der Waals surface area (Å²) >= 11 is 0. The number of hydrogen-bond donors (Lipinski definition) is 2. The molecule has 6 heteroatoms. The zero-order chi connectivity index (χ0) is 18.9. The van der Waals surface area contributed by atoms with E-state index in [0.717, 1.165) is 23.3 Å². The Morgan fingerprint density at radius 2 is 2.00 bits per heavy atom. The standard InChI is InChI=1S/C20H20F3NO2/c1-2-14(12-5-3-6-13(11-12)20(21,22)23)19(26)24-17-10-9-16-15(17)7-4-8-18(16)25/h3-8,11,14,17,25H,2,9-10H2,1H3,(H,24,26)/t14-,17+/m1/s1. The maximum Gasteiger partial charge on any atom is 0.416 e. The van der Waals surface area contributed by atoms with Gasteiger partial charge < -0.3 is 10.4 Å². The van der Waals surface area contributed by atoms with Gasteiger partial charge in [-0.3, -0.25) is 4.79 Å². The summed E-state index contributed by atoms with van der Waals surface area (Å²) in [6.45, 7) is 1.78. The molecule has 0 saturated heterocycles. The number of alkyl halides is 3. The number of amides is 1. The first-order valence-electron chi connectivity index (χ1n) is 8.59. The summed E-state index contributed by atoms with van der Waals surface area (Å²) in [6, 6.07) is 9.90. The topological polar surface area (TPSA) is 49.3 Å². The molecule has 26 heavy (non-hydrogen) atoms. The number of hydrogen-bond acceptors (Lipinski definition) is 2. The Labute approximate surface area is 149 Å². The number of halogens is 3. The first kappa shape index (κ1) is 18.3. The van der Waals surface area contributed by atoms with Crippen molar-refractivity contribution < 1.29 is 23.1 Å². The third-order valence-corrected chi connectivity index (χ3v) is 4.90. The monoisotopic (exact) mass is 363 g/mol. The fraction of sp³-hybridized carbons (Fsp3) is 0.350. The highest BCUT2D eigenvalue weighted by Gasteiger charge is 2.32. The van der Waals surface area contributed by atoms with Crippen LogP contribution < -0.4 is 5.32 Å². The lowest BCUT2D eigenvalue weighted by atomic mass is 9.93. The van der Waals surface area contributed by atoms with Gasteiger partial charge in [0.25, 0.3) is 0 Å². The maximum atomic E-state index is 12.9. The number of phenols is 1.